The second-order valence-electron chi connectivity index (χ2n) is 5.03. The van der Waals surface area contributed by atoms with Gasteiger partial charge in [-0.25, -0.2) is 0 Å². The molecule has 2 aromatic carbocycles. The third-order valence-electron chi connectivity index (χ3n) is 3.31. The number of rotatable bonds is 4. The van der Waals surface area contributed by atoms with Crippen molar-refractivity contribution in [2.24, 2.45) is 0 Å². The van der Waals surface area contributed by atoms with Crippen LogP contribution in [0.3, 0.4) is 0 Å². The lowest BCUT2D eigenvalue weighted by atomic mass is 10.1. The van der Waals surface area contributed by atoms with E-state index >= 15 is 0 Å². The molecule has 0 saturated heterocycles. The average Bonchev–Trinajstić information content (AvgIpc) is 2.47. The molecule has 0 fully saturated rings. The van der Waals surface area contributed by atoms with Gasteiger partial charge in [-0.1, -0.05) is 18.2 Å². The van der Waals surface area contributed by atoms with Crippen LogP contribution in [-0.2, 0) is 6.54 Å². The molecular formula is C17H19NO3. The molecule has 4 nitrogen and oxygen atoms in total. The number of hydrogen-bond acceptors (Lipinski definition) is 3. The van der Waals surface area contributed by atoms with Gasteiger partial charge in [0, 0.05) is 13.6 Å². The van der Waals surface area contributed by atoms with Crippen LogP contribution in [0.1, 0.15) is 21.5 Å². The molecule has 0 aliphatic heterocycles. The molecule has 0 atom stereocenters. The smallest absolute Gasteiger partial charge is 0.257 e. The Labute approximate surface area is 124 Å². The van der Waals surface area contributed by atoms with E-state index in [-0.39, 0.29) is 11.7 Å². The highest BCUT2D eigenvalue weighted by molar-refractivity contribution is 5.96. The molecule has 1 amide bonds. The number of phenolic OH excluding ortho intramolecular Hbond substituents is 1. The van der Waals surface area contributed by atoms with Crippen LogP contribution in [0.15, 0.2) is 42.5 Å². The summed E-state index contributed by atoms with van der Waals surface area (Å²) < 4.78 is 5.10. The molecule has 21 heavy (non-hydrogen) atoms. The van der Waals surface area contributed by atoms with Crippen LogP contribution in [0, 0.1) is 6.92 Å². The molecule has 110 valence electrons. The highest BCUT2D eigenvalue weighted by Gasteiger charge is 2.15. The van der Waals surface area contributed by atoms with Gasteiger partial charge in [0.15, 0.2) is 0 Å². The van der Waals surface area contributed by atoms with E-state index < -0.39 is 0 Å². The van der Waals surface area contributed by atoms with Crippen LogP contribution in [-0.4, -0.2) is 30.1 Å². The first-order valence-electron chi connectivity index (χ1n) is 6.69. The Morgan fingerprint density at radius 3 is 2.43 bits per heavy atom. The molecule has 1 N–H and O–H groups in total. The zero-order chi connectivity index (χ0) is 15.4. The third kappa shape index (κ3) is 3.54. The Hall–Kier alpha value is -2.49. The Kier molecular flexibility index (Phi) is 4.48. The van der Waals surface area contributed by atoms with Gasteiger partial charge < -0.3 is 14.7 Å². The highest BCUT2D eigenvalue weighted by Crippen LogP contribution is 2.21. The van der Waals surface area contributed by atoms with Crippen LogP contribution in [0.5, 0.6) is 11.5 Å². The summed E-state index contributed by atoms with van der Waals surface area (Å²) in [4.78, 5) is 13.9. The molecule has 0 heterocycles. The zero-order valence-corrected chi connectivity index (χ0v) is 12.5. The molecular weight excluding hydrogens is 266 g/mol. The largest absolute Gasteiger partial charge is 0.507 e. The van der Waals surface area contributed by atoms with E-state index in [0.29, 0.717) is 12.1 Å². The van der Waals surface area contributed by atoms with Gasteiger partial charge in [0.25, 0.3) is 5.91 Å². The fraction of sp³-hybridized carbons (Fsp3) is 0.235. The van der Waals surface area contributed by atoms with E-state index in [2.05, 4.69) is 0 Å². The summed E-state index contributed by atoms with van der Waals surface area (Å²) >= 11 is 0. The van der Waals surface area contributed by atoms with E-state index in [1.165, 1.54) is 0 Å². The molecule has 4 heteroatoms. The number of aromatic hydroxyl groups is 1. The van der Waals surface area contributed by atoms with Crippen molar-refractivity contribution < 1.29 is 14.6 Å². The van der Waals surface area contributed by atoms with Crippen molar-refractivity contribution in [1.82, 2.24) is 4.90 Å². The number of nitrogens with zero attached hydrogens (tertiary/aromatic N) is 1. The minimum atomic E-state index is -0.205. The topological polar surface area (TPSA) is 49.8 Å². The number of methoxy groups -OCH3 is 1. The maximum absolute atomic E-state index is 12.3. The fourth-order valence-corrected chi connectivity index (χ4v) is 2.10. The number of carbonyl (C=O) groups excluding carboxylic acids is 1. The Bertz CT molecular complexity index is 635. The van der Waals surface area contributed by atoms with Gasteiger partial charge in [-0.15, -0.1) is 0 Å². The first kappa shape index (κ1) is 14.9. The highest BCUT2D eigenvalue weighted by atomic mass is 16.5. The van der Waals surface area contributed by atoms with Crippen LogP contribution < -0.4 is 4.74 Å². The second kappa shape index (κ2) is 6.31. The van der Waals surface area contributed by atoms with Crippen molar-refractivity contribution in [3.8, 4) is 11.5 Å². The van der Waals surface area contributed by atoms with E-state index in [1.54, 1.807) is 31.2 Å². The molecule has 0 saturated carbocycles. The predicted octanol–water partition coefficient (Wildman–Crippen LogP) is 2.98. The van der Waals surface area contributed by atoms with E-state index in [0.717, 1.165) is 16.9 Å². The summed E-state index contributed by atoms with van der Waals surface area (Å²) in [6, 6.07) is 12.6. The van der Waals surface area contributed by atoms with Crippen molar-refractivity contribution in [1.29, 1.82) is 0 Å². The fourth-order valence-electron chi connectivity index (χ4n) is 2.10. The third-order valence-corrected chi connectivity index (χ3v) is 3.31. The first-order valence-corrected chi connectivity index (χ1v) is 6.69. The molecule has 0 bridgehead atoms. The number of aryl methyl sites for hydroxylation is 1. The molecule has 0 aliphatic carbocycles. The molecule has 0 unspecified atom stereocenters. The normalized spacial score (nSPS) is 10.2. The first-order chi connectivity index (χ1) is 10.0. The van der Waals surface area contributed by atoms with Gasteiger partial charge in [0.1, 0.15) is 11.5 Å². The molecule has 0 radical (unpaired) electrons. The SMILES string of the molecule is COc1ccc(CN(C)C(=O)c2ccc(C)cc2O)cc1. The van der Waals surface area contributed by atoms with Crippen LogP contribution in [0.25, 0.3) is 0 Å². The van der Waals surface area contributed by atoms with Crippen molar-refractivity contribution in [2.75, 3.05) is 14.2 Å². The van der Waals surface area contributed by atoms with Gasteiger partial charge in [-0.2, -0.15) is 0 Å². The standard InChI is InChI=1S/C17H19NO3/c1-12-4-9-15(16(19)10-12)17(20)18(2)11-13-5-7-14(21-3)8-6-13/h4-10,19H,11H2,1-3H3. The molecule has 2 aromatic rings. The van der Waals surface area contributed by atoms with Crippen LogP contribution >= 0.6 is 0 Å². The number of phenols is 1. The lowest BCUT2D eigenvalue weighted by Crippen LogP contribution is -2.26. The summed E-state index contributed by atoms with van der Waals surface area (Å²) in [5.41, 5.74) is 2.23. The summed E-state index contributed by atoms with van der Waals surface area (Å²) in [5, 5.41) is 9.88. The van der Waals surface area contributed by atoms with Gasteiger partial charge in [0.05, 0.1) is 12.7 Å². The quantitative estimate of drug-likeness (QED) is 0.939. The number of carbonyl (C=O) groups is 1. The van der Waals surface area contributed by atoms with Crippen molar-refractivity contribution >= 4 is 5.91 Å². The van der Waals surface area contributed by atoms with Crippen LogP contribution in [0.2, 0.25) is 0 Å². The van der Waals surface area contributed by atoms with Gasteiger partial charge in [0.2, 0.25) is 0 Å². The summed E-state index contributed by atoms with van der Waals surface area (Å²) in [6.07, 6.45) is 0. The van der Waals surface area contributed by atoms with Crippen molar-refractivity contribution in [3.63, 3.8) is 0 Å². The second-order valence-corrected chi connectivity index (χ2v) is 5.03. The Balaban J connectivity index is 2.11. The zero-order valence-electron chi connectivity index (χ0n) is 12.5. The number of hydrogen-bond donors (Lipinski definition) is 1. The maximum Gasteiger partial charge on any atom is 0.257 e. The van der Waals surface area contributed by atoms with Gasteiger partial charge in [-0.05, 0) is 42.3 Å². The van der Waals surface area contributed by atoms with Crippen molar-refractivity contribution in [3.05, 3.63) is 59.2 Å². The molecule has 0 spiro atoms. The van der Waals surface area contributed by atoms with E-state index in [1.807, 2.05) is 37.3 Å². The minimum absolute atomic E-state index is 0.0154. The molecule has 2 rings (SSSR count). The average molecular weight is 285 g/mol. The van der Waals surface area contributed by atoms with Crippen LogP contribution in [0.4, 0.5) is 0 Å². The number of amides is 1. The van der Waals surface area contributed by atoms with E-state index in [4.69, 9.17) is 4.74 Å². The summed E-state index contributed by atoms with van der Waals surface area (Å²) in [5.74, 6) is 0.591. The van der Waals surface area contributed by atoms with Gasteiger partial charge in [-0.3, -0.25) is 4.79 Å². The lowest BCUT2D eigenvalue weighted by molar-refractivity contribution is 0.0782. The maximum atomic E-state index is 12.3. The summed E-state index contributed by atoms with van der Waals surface area (Å²) in [7, 11) is 3.33. The minimum Gasteiger partial charge on any atom is -0.507 e. The Morgan fingerprint density at radius 2 is 1.86 bits per heavy atom. The number of ether oxygens (including phenoxy) is 1. The van der Waals surface area contributed by atoms with Gasteiger partial charge >= 0.3 is 0 Å². The lowest BCUT2D eigenvalue weighted by Gasteiger charge is -2.18. The Morgan fingerprint density at radius 1 is 1.19 bits per heavy atom. The predicted molar refractivity (Wildman–Crippen MR) is 81.6 cm³/mol. The molecule has 0 aliphatic rings. The van der Waals surface area contributed by atoms with E-state index in [9.17, 15) is 9.90 Å². The molecule has 0 aromatic heterocycles. The summed E-state index contributed by atoms with van der Waals surface area (Å²) in [6.45, 7) is 2.34. The number of benzene rings is 2. The monoisotopic (exact) mass is 285 g/mol. The van der Waals surface area contributed by atoms with Crippen molar-refractivity contribution in [2.45, 2.75) is 13.5 Å².